The first-order valence-corrected chi connectivity index (χ1v) is 14.8. The zero-order valence-electron chi connectivity index (χ0n) is 23.8. The number of furan rings is 1. The summed E-state index contributed by atoms with van der Waals surface area (Å²) in [5, 5.41) is 5.83. The van der Waals surface area contributed by atoms with E-state index in [4.69, 9.17) is 23.6 Å². The van der Waals surface area contributed by atoms with Crippen LogP contribution in [0.3, 0.4) is 0 Å². The molecule has 8 nitrogen and oxygen atoms in total. The molecule has 6 aromatic rings. The maximum atomic E-state index is 13.7. The maximum absolute atomic E-state index is 13.7. The minimum atomic E-state index is -0.318. The molecule has 2 heterocycles. The molecule has 9 heteroatoms. The molecule has 0 aliphatic heterocycles. The lowest BCUT2D eigenvalue weighted by Gasteiger charge is -2.15. The van der Waals surface area contributed by atoms with Crippen LogP contribution >= 0.6 is 22.6 Å². The van der Waals surface area contributed by atoms with Gasteiger partial charge in [-0.15, -0.1) is 0 Å². The molecule has 0 saturated heterocycles. The second kappa shape index (κ2) is 12.3. The van der Waals surface area contributed by atoms with E-state index in [0.29, 0.717) is 52.7 Å². The van der Waals surface area contributed by atoms with Crippen LogP contribution in [-0.4, -0.2) is 29.6 Å². The van der Waals surface area contributed by atoms with Gasteiger partial charge in [-0.25, -0.2) is 4.98 Å². The van der Waals surface area contributed by atoms with E-state index in [9.17, 15) is 4.79 Å². The fraction of sp³-hybridized carbons (Fsp3) is 0.147. The van der Waals surface area contributed by atoms with Crippen LogP contribution in [0.5, 0.6) is 17.2 Å². The van der Waals surface area contributed by atoms with Crippen molar-refractivity contribution in [2.24, 2.45) is 5.10 Å². The molecule has 0 unspecified atom stereocenters. The number of hydrogen-bond donors (Lipinski definition) is 0. The lowest BCUT2D eigenvalue weighted by atomic mass is 10.2. The van der Waals surface area contributed by atoms with Crippen molar-refractivity contribution in [3.63, 3.8) is 0 Å². The third kappa shape index (κ3) is 5.85. The molecular formula is C34H28IN3O5. The SMILES string of the molecule is CCOc1cc(C=Nn2c(-c3cc4c(OC)cccc4o3)nc3ccccc3c2=O)cc(I)c1OCc1ccc(C)cc1. The first-order valence-electron chi connectivity index (χ1n) is 13.7. The van der Waals surface area contributed by atoms with Crippen molar-refractivity contribution in [3.05, 3.63) is 116 Å². The van der Waals surface area contributed by atoms with Gasteiger partial charge in [0.1, 0.15) is 17.9 Å². The van der Waals surface area contributed by atoms with Crippen LogP contribution in [0.25, 0.3) is 33.5 Å². The number of fused-ring (bicyclic) bond motifs is 2. The Bertz CT molecular complexity index is 2030. The van der Waals surface area contributed by atoms with Crippen molar-refractivity contribution >= 4 is 50.7 Å². The summed E-state index contributed by atoms with van der Waals surface area (Å²) < 4.78 is 25.9. The number of hydrogen-bond acceptors (Lipinski definition) is 7. The minimum Gasteiger partial charge on any atom is -0.496 e. The van der Waals surface area contributed by atoms with E-state index in [1.54, 1.807) is 31.5 Å². The van der Waals surface area contributed by atoms with E-state index in [2.05, 4.69) is 58.9 Å². The van der Waals surface area contributed by atoms with Crippen LogP contribution < -0.4 is 19.8 Å². The molecule has 4 aromatic carbocycles. The number of para-hydroxylation sites is 1. The van der Waals surface area contributed by atoms with Crippen molar-refractivity contribution < 1.29 is 18.6 Å². The summed E-state index contributed by atoms with van der Waals surface area (Å²) in [6, 6.07) is 26.5. The van der Waals surface area contributed by atoms with E-state index in [0.717, 1.165) is 20.1 Å². The van der Waals surface area contributed by atoms with Crippen molar-refractivity contribution in [1.29, 1.82) is 0 Å². The van der Waals surface area contributed by atoms with Gasteiger partial charge < -0.3 is 18.6 Å². The maximum Gasteiger partial charge on any atom is 0.282 e. The van der Waals surface area contributed by atoms with Crippen LogP contribution in [0.1, 0.15) is 23.6 Å². The Morgan fingerprint density at radius 1 is 0.953 bits per heavy atom. The number of ether oxygens (including phenoxy) is 3. The van der Waals surface area contributed by atoms with Crippen molar-refractivity contribution in [3.8, 4) is 28.8 Å². The monoisotopic (exact) mass is 685 g/mol. The first kappa shape index (κ1) is 28.5. The van der Waals surface area contributed by atoms with Gasteiger partial charge in [-0.05, 0) is 90.0 Å². The predicted octanol–water partition coefficient (Wildman–Crippen LogP) is 7.59. The van der Waals surface area contributed by atoms with Gasteiger partial charge in [-0.2, -0.15) is 9.78 Å². The molecule has 0 bridgehead atoms. The Morgan fingerprint density at radius 2 is 1.77 bits per heavy atom. The van der Waals surface area contributed by atoms with Crippen molar-refractivity contribution in [2.75, 3.05) is 13.7 Å². The number of aromatic nitrogens is 2. The summed E-state index contributed by atoms with van der Waals surface area (Å²) in [6.45, 7) is 4.85. The molecule has 0 radical (unpaired) electrons. The van der Waals surface area contributed by atoms with E-state index in [-0.39, 0.29) is 11.4 Å². The number of halogens is 1. The highest BCUT2D eigenvalue weighted by atomic mass is 127. The lowest BCUT2D eigenvalue weighted by Crippen LogP contribution is -2.20. The predicted molar refractivity (Wildman–Crippen MR) is 177 cm³/mol. The number of rotatable bonds is 9. The number of nitrogens with zero attached hydrogens (tertiary/aromatic N) is 3. The van der Waals surface area contributed by atoms with E-state index in [1.165, 1.54) is 10.2 Å². The first-order chi connectivity index (χ1) is 20.9. The third-order valence-corrected chi connectivity index (χ3v) is 7.67. The Balaban J connectivity index is 1.41. The van der Waals surface area contributed by atoms with Gasteiger partial charge >= 0.3 is 0 Å². The number of methoxy groups -OCH3 is 1. The quantitative estimate of drug-likeness (QED) is 0.115. The summed E-state index contributed by atoms with van der Waals surface area (Å²) in [7, 11) is 1.60. The van der Waals surface area contributed by atoms with E-state index >= 15 is 0 Å². The number of aryl methyl sites for hydroxylation is 1. The molecule has 2 aromatic heterocycles. The second-order valence-electron chi connectivity index (χ2n) is 9.83. The number of benzene rings is 4. The molecule has 0 saturated carbocycles. The van der Waals surface area contributed by atoms with Gasteiger partial charge in [0.15, 0.2) is 17.3 Å². The highest BCUT2D eigenvalue weighted by Crippen LogP contribution is 2.35. The molecule has 0 atom stereocenters. The summed E-state index contributed by atoms with van der Waals surface area (Å²) >= 11 is 2.23. The molecule has 0 amide bonds. The molecule has 0 aliphatic carbocycles. The van der Waals surface area contributed by atoms with E-state index < -0.39 is 0 Å². The minimum absolute atomic E-state index is 0.274. The summed E-state index contributed by atoms with van der Waals surface area (Å²) in [5.41, 5.74) is 3.83. The van der Waals surface area contributed by atoms with Crippen LogP contribution in [-0.2, 0) is 6.61 Å². The van der Waals surface area contributed by atoms with Crippen LogP contribution in [0.15, 0.2) is 99.2 Å². The standard InChI is InChI=1S/C34H28IN3O5/c1-4-41-30-17-23(16-26(35)32(30)42-20-22-14-12-21(2)13-15-22)19-36-38-33(37-27-9-6-5-8-24(27)34(38)39)31-18-25-28(40-3)10-7-11-29(25)43-31/h5-19H,4,20H2,1-3H3. The fourth-order valence-electron chi connectivity index (χ4n) is 4.74. The van der Waals surface area contributed by atoms with Crippen LogP contribution in [0.2, 0.25) is 0 Å². The molecule has 216 valence electrons. The van der Waals surface area contributed by atoms with Gasteiger partial charge in [-0.3, -0.25) is 4.79 Å². The third-order valence-electron chi connectivity index (χ3n) is 6.87. The Morgan fingerprint density at radius 3 is 2.56 bits per heavy atom. The molecule has 0 N–H and O–H groups in total. The molecular weight excluding hydrogens is 657 g/mol. The second-order valence-corrected chi connectivity index (χ2v) is 11.0. The largest absolute Gasteiger partial charge is 0.496 e. The Kier molecular flexibility index (Phi) is 8.15. The van der Waals surface area contributed by atoms with Gasteiger partial charge in [0.25, 0.3) is 5.56 Å². The average molecular weight is 686 g/mol. The van der Waals surface area contributed by atoms with E-state index in [1.807, 2.05) is 49.4 Å². The normalized spacial score (nSPS) is 11.4. The van der Waals surface area contributed by atoms with Crippen LogP contribution in [0, 0.1) is 10.5 Å². The summed E-state index contributed by atoms with van der Waals surface area (Å²) in [5.74, 6) is 2.58. The van der Waals surface area contributed by atoms with Gasteiger partial charge in [0.2, 0.25) is 5.82 Å². The average Bonchev–Trinajstić information content (AvgIpc) is 3.46. The van der Waals surface area contributed by atoms with Crippen LogP contribution in [0.4, 0.5) is 0 Å². The lowest BCUT2D eigenvalue weighted by molar-refractivity contribution is 0.267. The van der Waals surface area contributed by atoms with Gasteiger partial charge in [0.05, 0.1) is 39.8 Å². The Labute approximate surface area is 261 Å². The molecule has 0 aliphatic rings. The molecule has 43 heavy (non-hydrogen) atoms. The topological polar surface area (TPSA) is 88.1 Å². The highest BCUT2D eigenvalue weighted by molar-refractivity contribution is 14.1. The van der Waals surface area contributed by atoms with Gasteiger partial charge in [0, 0.05) is 0 Å². The molecule has 0 spiro atoms. The van der Waals surface area contributed by atoms with Crippen molar-refractivity contribution in [1.82, 2.24) is 9.66 Å². The molecule has 6 rings (SSSR count). The summed E-state index contributed by atoms with van der Waals surface area (Å²) in [6.07, 6.45) is 1.61. The zero-order chi connectivity index (χ0) is 29.9. The van der Waals surface area contributed by atoms with Gasteiger partial charge in [-0.1, -0.05) is 48.0 Å². The fourth-order valence-corrected chi connectivity index (χ4v) is 5.52. The Hall–Kier alpha value is -4.64. The smallest absolute Gasteiger partial charge is 0.282 e. The summed E-state index contributed by atoms with van der Waals surface area (Å²) in [4.78, 5) is 18.5. The van der Waals surface area contributed by atoms with Crippen molar-refractivity contribution in [2.45, 2.75) is 20.5 Å². The molecule has 0 fully saturated rings. The highest BCUT2D eigenvalue weighted by Gasteiger charge is 2.18. The zero-order valence-corrected chi connectivity index (χ0v) is 26.0.